The van der Waals surface area contributed by atoms with Crippen LogP contribution in [-0.4, -0.2) is 86.6 Å². The number of carbonyl (C=O) groups is 1. The van der Waals surface area contributed by atoms with Gasteiger partial charge in [-0.05, 0) is 37.8 Å². The number of likely N-dealkylation sites (tertiary alicyclic amines) is 1. The second kappa shape index (κ2) is 9.81. The molecular formula is C27H28ClN11O. The molecule has 204 valence electrons. The second-order valence-electron chi connectivity index (χ2n) is 11.0. The molecule has 0 radical (unpaired) electrons. The first-order valence-corrected chi connectivity index (χ1v) is 14.1. The molecule has 2 N–H and O–H groups in total. The van der Waals surface area contributed by atoms with Crippen molar-refractivity contribution in [3.8, 4) is 12.1 Å². The van der Waals surface area contributed by atoms with Crippen LogP contribution in [0.3, 0.4) is 0 Å². The molecular weight excluding hydrogens is 530 g/mol. The Morgan fingerprint density at radius 1 is 1.05 bits per heavy atom. The lowest BCUT2D eigenvalue weighted by Crippen LogP contribution is -2.64. The first-order chi connectivity index (χ1) is 19.5. The molecule has 2 saturated heterocycles. The molecule has 3 aromatic rings. The number of benzene rings is 1. The van der Waals surface area contributed by atoms with Crippen LogP contribution in [-0.2, 0) is 4.79 Å². The third-order valence-electron chi connectivity index (χ3n) is 8.10. The number of piperazine rings is 1. The molecule has 40 heavy (non-hydrogen) atoms. The van der Waals surface area contributed by atoms with Crippen molar-refractivity contribution in [3.63, 3.8) is 0 Å². The summed E-state index contributed by atoms with van der Waals surface area (Å²) in [7, 11) is 0. The Bertz CT molecular complexity index is 1570. The van der Waals surface area contributed by atoms with Gasteiger partial charge in [0.25, 0.3) is 0 Å². The fraction of sp³-hybridized carbons (Fsp3) is 0.481. The standard InChI is InChI=1S/C27H28ClN11O/c28-23-21(33-27-34-24(32-18-3-4-18)25-31-13-19(12-30)39(25)35-27)9-16(11-29)10-22(23)37-7-5-36(6-8-37)20-14-38(15-20)26(40)17-1-2-17/h9-10,13,17-18,20H,1-8,14-15H2,(H2,32,33,34,35). The van der Waals surface area contributed by atoms with Gasteiger partial charge in [0.1, 0.15) is 6.07 Å². The number of aromatic nitrogens is 4. The molecule has 7 rings (SSSR count). The van der Waals surface area contributed by atoms with E-state index in [1.807, 2.05) is 11.0 Å². The molecule has 2 saturated carbocycles. The lowest BCUT2D eigenvalue weighted by atomic mass is 10.0. The monoisotopic (exact) mass is 557 g/mol. The third kappa shape index (κ3) is 4.63. The number of nitrogens with one attached hydrogen (secondary N) is 2. The van der Waals surface area contributed by atoms with E-state index in [1.54, 1.807) is 6.07 Å². The maximum absolute atomic E-state index is 12.3. The molecule has 12 nitrogen and oxygen atoms in total. The van der Waals surface area contributed by atoms with Gasteiger partial charge in [0.2, 0.25) is 11.9 Å². The van der Waals surface area contributed by atoms with Crippen molar-refractivity contribution in [2.45, 2.75) is 37.8 Å². The van der Waals surface area contributed by atoms with Crippen molar-refractivity contribution in [1.82, 2.24) is 29.4 Å². The molecule has 4 heterocycles. The second-order valence-corrected chi connectivity index (χ2v) is 11.4. The minimum Gasteiger partial charge on any atom is -0.368 e. The van der Waals surface area contributed by atoms with Gasteiger partial charge in [0.05, 0.1) is 34.2 Å². The molecule has 2 aromatic heterocycles. The van der Waals surface area contributed by atoms with E-state index >= 15 is 0 Å². The summed E-state index contributed by atoms with van der Waals surface area (Å²) in [6.45, 7) is 4.89. The summed E-state index contributed by atoms with van der Waals surface area (Å²) >= 11 is 6.92. The Hall–Kier alpha value is -4.13. The molecule has 13 heteroatoms. The van der Waals surface area contributed by atoms with Gasteiger partial charge in [-0.3, -0.25) is 9.69 Å². The van der Waals surface area contributed by atoms with Crippen LogP contribution in [0.4, 0.5) is 23.1 Å². The fourth-order valence-electron chi connectivity index (χ4n) is 5.43. The molecule has 4 aliphatic rings. The minimum absolute atomic E-state index is 0.244. The van der Waals surface area contributed by atoms with E-state index in [0.717, 1.165) is 70.6 Å². The first-order valence-electron chi connectivity index (χ1n) is 13.7. The summed E-state index contributed by atoms with van der Waals surface area (Å²) in [4.78, 5) is 27.9. The van der Waals surface area contributed by atoms with Crippen LogP contribution >= 0.6 is 11.6 Å². The predicted octanol–water partition coefficient (Wildman–Crippen LogP) is 2.58. The Morgan fingerprint density at radius 3 is 2.50 bits per heavy atom. The zero-order chi connectivity index (χ0) is 27.4. The van der Waals surface area contributed by atoms with E-state index in [1.165, 1.54) is 10.7 Å². The number of imidazole rings is 1. The largest absolute Gasteiger partial charge is 0.368 e. The number of halogens is 1. The average Bonchev–Trinajstić information content (AvgIpc) is 3.88. The van der Waals surface area contributed by atoms with E-state index in [4.69, 9.17) is 11.6 Å². The number of rotatable bonds is 7. The van der Waals surface area contributed by atoms with Crippen LogP contribution in [0, 0.1) is 28.6 Å². The fourth-order valence-corrected chi connectivity index (χ4v) is 5.70. The van der Waals surface area contributed by atoms with Gasteiger partial charge < -0.3 is 20.4 Å². The molecule has 2 aliphatic heterocycles. The summed E-state index contributed by atoms with van der Waals surface area (Å²) in [5, 5.41) is 30.8. The van der Waals surface area contributed by atoms with Gasteiger partial charge in [-0.15, -0.1) is 5.10 Å². The molecule has 0 unspecified atom stereocenters. The summed E-state index contributed by atoms with van der Waals surface area (Å²) in [5.74, 6) is 1.38. The third-order valence-corrected chi connectivity index (χ3v) is 8.49. The molecule has 0 bridgehead atoms. The van der Waals surface area contributed by atoms with Gasteiger partial charge in [-0.25, -0.2) is 4.98 Å². The Kier molecular flexibility index (Phi) is 6.10. The van der Waals surface area contributed by atoms with Gasteiger partial charge in [0.15, 0.2) is 17.2 Å². The van der Waals surface area contributed by atoms with Crippen molar-refractivity contribution in [1.29, 1.82) is 10.5 Å². The Labute approximate surface area is 236 Å². The van der Waals surface area contributed by atoms with E-state index in [0.29, 0.717) is 51.4 Å². The zero-order valence-electron chi connectivity index (χ0n) is 21.8. The molecule has 0 spiro atoms. The number of nitriles is 2. The number of nitrogens with zero attached hydrogens (tertiary/aromatic N) is 9. The number of amides is 1. The summed E-state index contributed by atoms with van der Waals surface area (Å²) in [5.41, 5.74) is 2.54. The molecule has 4 fully saturated rings. The number of carbonyl (C=O) groups excluding carboxylic acids is 1. The van der Waals surface area contributed by atoms with Crippen LogP contribution in [0.2, 0.25) is 5.02 Å². The lowest BCUT2D eigenvalue weighted by Gasteiger charge is -2.48. The Balaban J connectivity index is 1.09. The summed E-state index contributed by atoms with van der Waals surface area (Å²) < 4.78 is 1.46. The number of hydrogen-bond donors (Lipinski definition) is 2. The van der Waals surface area contributed by atoms with Crippen molar-refractivity contribution < 1.29 is 4.79 Å². The van der Waals surface area contributed by atoms with Gasteiger partial charge >= 0.3 is 0 Å². The maximum Gasteiger partial charge on any atom is 0.247 e. The summed E-state index contributed by atoms with van der Waals surface area (Å²) in [6.07, 6.45) is 5.66. The van der Waals surface area contributed by atoms with Crippen molar-refractivity contribution in [2.24, 2.45) is 5.92 Å². The smallest absolute Gasteiger partial charge is 0.247 e. The number of hydrogen-bond acceptors (Lipinski definition) is 10. The van der Waals surface area contributed by atoms with Crippen LogP contribution in [0.15, 0.2) is 18.3 Å². The van der Waals surface area contributed by atoms with Crippen molar-refractivity contribution in [3.05, 3.63) is 34.6 Å². The molecule has 1 aromatic carbocycles. The van der Waals surface area contributed by atoms with Crippen molar-refractivity contribution in [2.75, 3.05) is 54.8 Å². The predicted molar refractivity (Wildman–Crippen MR) is 148 cm³/mol. The van der Waals surface area contributed by atoms with Crippen LogP contribution < -0.4 is 15.5 Å². The van der Waals surface area contributed by atoms with Crippen LogP contribution in [0.1, 0.15) is 36.9 Å². The average molecular weight is 558 g/mol. The van der Waals surface area contributed by atoms with Crippen LogP contribution in [0.25, 0.3) is 5.65 Å². The van der Waals surface area contributed by atoms with E-state index in [2.05, 4.69) is 47.6 Å². The summed E-state index contributed by atoms with van der Waals surface area (Å²) in [6, 6.07) is 8.59. The molecule has 2 aliphatic carbocycles. The van der Waals surface area contributed by atoms with Gasteiger partial charge in [0, 0.05) is 57.3 Å². The number of anilines is 4. The first kappa shape index (κ1) is 24.9. The Morgan fingerprint density at radius 2 is 1.82 bits per heavy atom. The van der Waals surface area contributed by atoms with Crippen molar-refractivity contribution >= 4 is 46.3 Å². The highest BCUT2D eigenvalue weighted by Gasteiger charge is 2.41. The SMILES string of the molecule is N#Cc1cc(Nc2nc(NC3CC3)c3ncc(C#N)n3n2)c(Cl)c(N2CCN(C3CN(C(=O)C4CC4)C3)CC2)c1. The van der Waals surface area contributed by atoms with E-state index in [9.17, 15) is 15.3 Å². The zero-order valence-corrected chi connectivity index (χ0v) is 22.6. The van der Waals surface area contributed by atoms with Gasteiger partial charge in [-0.1, -0.05) is 11.6 Å². The lowest BCUT2D eigenvalue weighted by molar-refractivity contribution is -0.140. The van der Waals surface area contributed by atoms with E-state index < -0.39 is 0 Å². The molecule has 1 amide bonds. The maximum atomic E-state index is 12.3. The topological polar surface area (TPSA) is 142 Å². The van der Waals surface area contributed by atoms with Gasteiger partial charge in [-0.2, -0.15) is 20.0 Å². The highest BCUT2D eigenvalue weighted by Crippen LogP contribution is 2.37. The van der Waals surface area contributed by atoms with Crippen LogP contribution in [0.5, 0.6) is 0 Å². The quantitative estimate of drug-likeness (QED) is 0.445. The highest BCUT2D eigenvalue weighted by molar-refractivity contribution is 6.36. The van der Waals surface area contributed by atoms with E-state index in [-0.39, 0.29) is 11.9 Å². The molecule has 0 atom stereocenters. The minimum atomic E-state index is 0.244. The highest BCUT2D eigenvalue weighted by atomic mass is 35.5. The number of fused-ring (bicyclic) bond motifs is 1. The normalized spacial score (nSPS) is 19.7.